The fourth-order valence-electron chi connectivity index (χ4n) is 0.878. The molecule has 0 aliphatic rings. The van der Waals surface area contributed by atoms with Gasteiger partial charge in [-0.1, -0.05) is 0 Å². The molecule has 0 saturated carbocycles. The van der Waals surface area contributed by atoms with E-state index in [1.54, 1.807) is 26.8 Å². The number of hydrogen-bond donors (Lipinski definition) is 0. The van der Waals surface area contributed by atoms with Crippen molar-refractivity contribution < 1.29 is 14.3 Å². The van der Waals surface area contributed by atoms with Crippen LogP contribution >= 0.6 is 0 Å². The van der Waals surface area contributed by atoms with E-state index in [1.807, 2.05) is 0 Å². The zero-order valence-corrected chi connectivity index (χ0v) is 9.27. The molecular weight excluding hydrogens is 196 g/mol. The minimum atomic E-state index is -0.554. The number of hydrogen-bond acceptors (Lipinski definition) is 5. The molecule has 1 rings (SSSR count). The summed E-state index contributed by atoms with van der Waals surface area (Å²) in [5.41, 5.74) is -0.552. The first-order chi connectivity index (χ1) is 6.92. The molecule has 0 aromatic carbocycles. The summed E-state index contributed by atoms with van der Waals surface area (Å²) in [7, 11) is 1.47. The summed E-state index contributed by atoms with van der Waals surface area (Å²) < 4.78 is 9.98. The highest BCUT2D eigenvalue weighted by molar-refractivity contribution is 5.85. The molecule has 0 bridgehead atoms. The van der Waals surface area contributed by atoms with Gasteiger partial charge in [0.05, 0.1) is 7.11 Å². The van der Waals surface area contributed by atoms with Crippen LogP contribution in [-0.4, -0.2) is 28.6 Å². The van der Waals surface area contributed by atoms with Gasteiger partial charge in [0.2, 0.25) is 11.7 Å². The molecule has 1 aromatic heterocycles. The molecule has 5 nitrogen and oxygen atoms in total. The number of methoxy groups -OCH3 is 1. The Bertz CT molecular complexity index is 358. The van der Waals surface area contributed by atoms with Crippen molar-refractivity contribution in [2.75, 3.05) is 7.11 Å². The molecule has 0 spiro atoms. The maximum atomic E-state index is 11.5. The number of nitrogens with zero attached hydrogens (tertiary/aromatic N) is 2. The smallest absolute Gasteiger partial charge is 0.377 e. The highest BCUT2D eigenvalue weighted by Gasteiger charge is 2.20. The van der Waals surface area contributed by atoms with Crippen molar-refractivity contribution in [2.45, 2.75) is 26.4 Å². The lowest BCUT2D eigenvalue weighted by Crippen LogP contribution is -2.25. The molecule has 0 N–H and O–H groups in total. The molecule has 0 saturated heterocycles. The Hall–Kier alpha value is -1.65. The van der Waals surface area contributed by atoms with E-state index < -0.39 is 11.6 Å². The van der Waals surface area contributed by atoms with Crippen LogP contribution < -0.4 is 4.74 Å². The van der Waals surface area contributed by atoms with Gasteiger partial charge in [0.25, 0.3) is 0 Å². The van der Waals surface area contributed by atoms with Crippen molar-refractivity contribution in [1.29, 1.82) is 0 Å². The number of carbonyl (C=O) groups excluding carboxylic acids is 1. The van der Waals surface area contributed by atoms with Crippen molar-refractivity contribution in [1.82, 2.24) is 9.97 Å². The third-order valence-corrected chi connectivity index (χ3v) is 1.42. The average molecular weight is 210 g/mol. The van der Waals surface area contributed by atoms with Crippen molar-refractivity contribution in [3.05, 3.63) is 18.1 Å². The number of aromatic nitrogens is 2. The van der Waals surface area contributed by atoms with Crippen molar-refractivity contribution in [3.63, 3.8) is 0 Å². The Balaban J connectivity index is 2.82. The van der Waals surface area contributed by atoms with Gasteiger partial charge in [0.1, 0.15) is 5.60 Å². The standard InChI is InChI=1S/C10H14N2O3/c1-10(2,3)15-9(13)8-11-6-5-7(12-8)14-4/h5-6H,1-4H3. The maximum Gasteiger partial charge on any atom is 0.377 e. The highest BCUT2D eigenvalue weighted by Crippen LogP contribution is 2.11. The van der Waals surface area contributed by atoms with Gasteiger partial charge >= 0.3 is 5.97 Å². The van der Waals surface area contributed by atoms with Crippen LogP contribution in [0.1, 0.15) is 31.4 Å². The van der Waals surface area contributed by atoms with E-state index in [9.17, 15) is 4.79 Å². The van der Waals surface area contributed by atoms with Gasteiger partial charge in [-0.3, -0.25) is 0 Å². The Kier molecular flexibility index (Phi) is 3.24. The SMILES string of the molecule is COc1ccnc(C(=O)OC(C)(C)C)n1. The second-order valence-electron chi connectivity index (χ2n) is 3.92. The van der Waals surface area contributed by atoms with E-state index in [-0.39, 0.29) is 5.82 Å². The highest BCUT2D eigenvalue weighted by atomic mass is 16.6. The summed E-state index contributed by atoms with van der Waals surface area (Å²) >= 11 is 0. The Labute approximate surface area is 88.4 Å². The molecule has 0 fully saturated rings. The normalized spacial score (nSPS) is 10.9. The summed E-state index contributed by atoms with van der Waals surface area (Å²) in [6.07, 6.45) is 1.45. The lowest BCUT2D eigenvalue weighted by atomic mass is 10.2. The van der Waals surface area contributed by atoms with Crippen LogP contribution in [-0.2, 0) is 4.74 Å². The van der Waals surface area contributed by atoms with Crippen LogP contribution in [0.25, 0.3) is 0 Å². The topological polar surface area (TPSA) is 61.3 Å². The average Bonchev–Trinajstić information content (AvgIpc) is 2.15. The molecular formula is C10H14N2O3. The van der Waals surface area contributed by atoms with Crippen LogP contribution in [0.15, 0.2) is 12.3 Å². The third kappa shape index (κ3) is 3.53. The summed E-state index contributed by atoms with van der Waals surface area (Å²) in [5.74, 6) is -0.212. The van der Waals surface area contributed by atoms with Crippen molar-refractivity contribution in [3.8, 4) is 5.88 Å². The summed E-state index contributed by atoms with van der Waals surface area (Å²) in [6, 6.07) is 1.56. The molecule has 0 aliphatic heterocycles. The molecule has 82 valence electrons. The third-order valence-electron chi connectivity index (χ3n) is 1.42. The van der Waals surface area contributed by atoms with Gasteiger partial charge in [0, 0.05) is 12.3 Å². The van der Waals surface area contributed by atoms with E-state index in [0.717, 1.165) is 0 Å². The summed E-state index contributed by atoms with van der Waals surface area (Å²) in [6.45, 7) is 5.35. The fraction of sp³-hybridized carbons (Fsp3) is 0.500. The van der Waals surface area contributed by atoms with Gasteiger partial charge < -0.3 is 9.47 Å². The molecule has 0 aliphatic carbocycles. The molecule has 5 heteroatoms. The second-order valence-corrected chi connectivity index (χ2v) is 3.92. The van der Waals surface area contributed by atoms with Crippen molar-refractivity contribution in [2.24, 2.45) is 0 Å². The zero-order chi connectivity index (χ0) is 11.5. The number of ether oxygens (including phenoxy) is 2. The summed E-state index contributed by atoms with van der Waals surface area (Å²) in [5, 5.41) is 0. The van der Waals surface area contributed by atoms with Crippen LogP contribution in [0.2, 0.25) is 0 Å². The first-order valence-electron chi connectivity index (χ1n) is 4.53. The Morgan fingerprint density at radius 3 is 2.60 bits per heavy atom. The minimum absolute atomic E-state index is 0.00396. The van der Waals surface area contributed by atoms with Gasteiger partial charge in [-0.15, -0.1) is 0 Å². The molecule has 0 amide bonds. The molecule has 0 unspecified atom stereocenters. The van der Waals surface area contributed by atoms with Gasteiger partial charge in [-0.05, 0) is 20.8 Å². The molecule has 15 heavy (non-hydrogen) atoms. The fourth-order valence-corrected chi connectivity index (χ4v) is 0.878. The van der Waals surface area contributed by atoms with Gasteiger partial charge in [-0.25, -0.2) is 9.78 Å². The van der Waals surface area contributed by atoms with Gasteiger partial charge in [-0.2, -0.15) is 4.98 Å². The van der Waals surface area contributed by atoms with Crippen LogP contribution in [0.4, 0.5) is 0 Å². The first-order valence-corrected chi connectivity index (χ1v) is 4.53. The van der Waals surface area contributed by atoms with E-state index in [1.165, 1.54) is 13.3 Å². The van der Waals surface area contributed by atoms with Gasteiger partial charge in [0.15, 0.2) is 0 Å². The van der Waals surface area contributed by atoms with E-state index in [4.69, 9.17) is 9.47 Å². The minimum Gasteiger partial charge on any atom is -0.481 e. The van der Waals surface area contributed by atoms with Crippen molar-refractivity contribution >= 4 is 5.97 Å². The molecule has 1 aromatic rings. The Morgan fingerprint density at radius 2 is 2.07 bits per heavy atom. The van der Waals surface area contributed by atoms with E-state index in [0.29, 0.717) is 5.88 Å². The monoisotopic (exact) mass is 210 g/mol. The summed E-state index contributed by atoms with van der Waals surface area (Å²) in [4.78, 5) is 19.2. The zero-order valence-electron chi connectivity index (χ0n) is 9.27. The predicted molar refractivity (Wildman–Crippen MR) is 53.8 cm³/mol. The number of rotatable bonds is 2. The first kappa shape index (κ1) is 11.4. The number of carbonyl (C=O) groups is 1. The number of esters is 1. The largest absolute Gasteiger partial charge is 0.481 e. The quantitative estimate of drug-likeness (QED) is 0.691. The lowest BCUT2D eigenvalue weighted by Gasteiger charge is -2.18. The molecule has 0 atom stereocenters. The van der Waals surface area contributed by atoms with E-state index >= 15 is 0 Å². The van der Waals surface area contributed by atoms with Crippen LogP contribution in [0, 0.1) is 0 Å². The molecule has 0 radical (unpaired) electrons. The second kappa shape index (κ2) is 4.25. The molecule has 1 heterocycles. The lowest BCUT2D eigenvalue weighted by molar-refractivity contribution is 0.00546. The van der Waals surface area contributed by atoms with E-state index in [2.05, 4.69) is 9.97 Å². The Morgan fingerprint density at radius 1 is 1.40 bits per heavy atom. The van der Waals surface area contributed by atoms with Crippen LogP contribution in [0.3, 0.4) is 0 Å². The van der Waals surface area contributed by atoms with Crippen LogP contribution in [0.5, 0.6) is 5.88 Å². The maximum absolute atomic E-state index is 11.5. The predicted octanol–water partition coefficient (Wildman–Crippen LogP) is 1.44.